The van der Waals surface area contributed by atoms with E-state index in [-0.39, 0.29) is 30.2 Å². The van der Waals surface area contributed by atoms with Crippen LogP contribution in [-0.2, 0) is 9.59 Å². The lowest BCUT2D eigenvalue weighted by Crippen LogP contribution is -2.44. The predicted molar refractivity (Wildman–Crippen MR) is 117 cm³/mol. The normalized spacial score (nSPS) is 21.8. The van der Waals surface area contributed by atoms with Crippen molar-refractivity contribution in [1.29, 1.82) is 5.41 Å². The summed E-state index contributed by atoms with van der Waals surface area (Å²) in [4.78, 5) is 28.5. The van der Waals surface area contributed by atoms with Gasteiger partial charge in [0.15, 0.2) is 0 Å². The van der Waals surface area contributed by atoms with E-state index in [0.29, 0.717) is 24.5 Å². The number of amidine groups is 1. The van der Waals surface area contributed by atoms with Gasteiger partial charge >= 0.3 is 0 Å². The van der Waals surface area contributed by atoms with E-state index >= 15 is 0 Å². The van der Waals surface area contributed by atoms with Gasteiger partial charge in [0.1, 0.15) is 23.4 Å². The fourth-order valence-corrected chi connectivity index (χ4v) is 3.70. The molecule has 1 aromatic rings. The first-order valence-corrected chi connectivity index (χ1v) is 10.4. The summed E-state index contributed by atoms with van der Waals surface area (Å²) in [6.07, 6.45) is 4.91. The number of likely N-dealkylation sites (tertiary alicyclic amines) is 1. The van der Waals surface area contributed by atoms with Gasteiger partial charge < -0.3 is 20.1 Å². The molecule has 2 amide bonds. The number of aryl methyl sites for hydroxylation is 1. The Kier molecular flexibility index (Phi) is 6.50. The molecule has 8 nitrogen and oxygen atoms in total. The van der Waals surface area contributed by atoms with Crippen LogP contribution in [0.1, 0.15) is 32.8 Å². The van der Waals surface area contributed by atoms with Gasteiger partial charge in [0.2, 0.25) is 0 Å². The number of ether oxygens (including phenoxy) is 1. The van der Waals surface area contributed by atoms with Gasteiger partial charge in [0.05, 0.1) is 12.1 Å². The number of amides is 2. The van der Waals surface area contributed by atoms with Crippen molar-refractivity contribution < 1.29 is 19.4 Å². The first kappa shape index (κ1) is 22.6. The molecular weight excluding hydrogens is 396 g/mol. The molecule has 2 atom stereocenters. The lowest BCUT2D eigenvalue weighted by atomic mass is 10.1. The minimum absolute atomic E-state index is 0.0410. The van der Waals surface area contributed by atoms with Crippen molar-refractivity contribution in [3.63, 3.8) is 0 Å². The maximum absolute atomic E-state index is 13.0. The molecule has 1 saturated heterocycles. The Balaban J connectivity index is 1.62. The summed E-state index contributed by atoms with van der Waals surface area (Å²) in [6.45, 7) is 7.69. The highest BCUT2D eigenvalue weighted by Gasteiger charge is 2.45. The van der Waals surface area contributed by atoms with Gasteiger partial charge in [-0.15, -0.1) is 0 Å². The van der Waals surface area contributed by atoms with Crippen molar-refractivity contribution in [2.45, 2.75) is 51.8 Å². The third kappa shape index (κ3) is 5.32. The van der Waals surface area contributed by atoms with E-state index in [4.69, 9.17) is 10.1 Å². The Morgan fingerprint density at radius 2 is 2.06 bits per heavy atom. The monoisotopic (exact) mass is 426 g/mol. The van der Waals surface area contributed by atoms with Crippen LogP contribution in [0, 0.1) is 12.3 Å². The molecule has 2 heterocycles. The molecule has 0 spiro atoms. The quantitative estimate of drug-likeness (QED) is 0.456. The molecule has 0 bridgehead atoms. The summed E-state index contributed by atoms with van der Waals surface area (Å²) in [7, 11) is 0. The highest BCUT2D eigenvalue weighted by molar-refractivity contribution is 6.07. The Hall–Kier alpha value is -3.13. The SMILES string of the molecule is Cc1ccccc1OC1=CC(=O)N([C@H]2CC(C)N(C(=N)/C=C\NCC(C)(C)O)C2=O)C1. The van der Waals surface area contributed by atoms with Crippen LogP contribution in [0.4, 0.5) is 0 Å². The molecular formula is C23H30N4O4. The molecule has 0 radical (unpaired) electrons. The van der Waals surface area contributed by atoms with Gasteiger partial charge in [-0.05, 0) is 51.8 Å². The number of benzene rings is 1. The van der Waals surface area contributed by atoms with Crippen LogP contribution >= 0.6 is 0 Å². The van der Waals surface area contributed by atoms with Crippen molar-refractivity contribution in [2.24, 2.45) is 0 Å². The van der Waals surface area contributed by atoms with Crippen molar-refractivity contribution in [2.75, 3.05) is 13.1 Å². The molecule has 8 heteroatoms. The minimum atomic E-state index is -0.879. The van der Waals surface area contributed by atoms with Gasteiger partial charge in [0, 0.05) is 24.9 Å². The van der Waals surface area contributed by atoms with Crippen LogP contribution in [0.5, 0.6) is 5.75 Å². The van der Waals surface area contributed by atoms with Crippen LogP contribution in [0.25, 0.3) is 0 Å². The van der Waals surface area contributed by atoms with Crippen LogP contribution in [0.3, 0.4) is 0 Å². The molecule has 3 rings (SSSR count). The Morgan fingerprint density at radius 3 is 2.74 bits per heavy atom. The van der Waals surface area contributed by atoms with Gasteiger partial charge in [0.25, 0.3) is 11.8 Å². The lowest BCUT2D eigenvalue weighted by molar-refractivity contribution is -0.136. The van der Waals surface area contributed by atoms with Crippen LogP contribution in [0.2, 0.25) is 0 Å². The second kappa shape index (κ2) is 8.93. The summed E-state index contributed by atoms with van der Waals surface area (Å²) in [6, 6.07) is 6.72. The van der Waals surface area contributed by atoms with Gasteiger partial charge in [-0.3, -0.25) is 19.9 Å². The molecule has 2 aliphatic rings. The molecule has 1 aromatic carbocycles. The summed E-state index contributed by atoms with van der Waals surface area (Å²) < 4.78 is 5.89. The molecule has 0 aliphatic carbocycles. The number of hydrogen-bond acceptors (Lipinski definition) is 6. The van der Waals surface area contributed by atoms with Crippen molar-refractivity contribution >= 4 is 17.6 Å². The van der Waals surface area contributed by atoms with E-state index in [1.54, 1.807) is 20.0 Å². The molecule has 166 valence electrons. The standard InChI is InChI=1S/C23H30N4O4/c1-15-7-5-6-8-19(15)31-17-12-21(28)26(13-17)18-11-16(2)27(22(18)29)20(24)9-10-25-14-23(3,4)30/h5-10,12,16,18,24-25,30H,11,13-14H2,1-4H3/b10-9-,24-20?/t16?,18-/m0/s1. The van der Waals surface area contributed by atoms with Gasteiger partial charge in [-0.1, -0.05) is 18.2 Å². The average molecular weight is 427 g/mol. The lowest BCUT2D eigenvalue weighted by Gasteiger charge is -2.24. The van der Waals surface area contributed by atoms with Crippen molar-refractivity contribution in [3.8, 4) is 5.75 Å². The van der Waals surface area contributed by atoms with Crippen LogP contribution < -0.4 is 10.1 Å². The van der Waals surface area contributed by atoms with E-state index in [9.17, 15) is 14.7 Å². The topological polar surface area (TPSA) is 106 Å². The van der Waals surface area contributed by atoms with E-state index in [0.717, 1.165) is 5.56 Å². The van der Waals surface area contributed by atoms with Gasteiger partial charge in [-0.2, -0.15) is 0 Å². The Bertz CT molecular complexity index is 932. The second-order valence-electron chi connectivity index (χ2n) is 8.67. The number of para-hydroxylation sites is 1. The number of hydrogen-bond donors (Lipinski definition) is 3. The summed E-state index contributed by atoms with van der Waals surface area (Å²) >= 11 is 0. The molecule has 2 aliphatic heterocycles. The largest absolute Gasteiger partial charge is 0.459 e. The summed E-state index contributed by atoms with van der Waals surface area (Å²) in [5.74, 6) is 0.693. The number of aliphatic hydroxyl groups is 1. The molecule has 1 fully saturated rings. The fourth-order valence-electron chi connectivity index (χ4n) is 3.70. The number of carbonyl (C=O) groups excluding carboxylic acids is 2. The smallest absolute Gasteiger partial charge is 0.251 e. The summed E-state index contributed by atoms with van der Waals surface area (Å²) in [5.41, 5.74) is 0.0831. The van der Waals surface area contributed by atoms with E-state index in [2.05, 4.69) is 5.32 Å². The second-order valence-corrected chi connectivity index (χ2v) is 8.67. The van der Waals surface area contributed by atoms with E-state index < -0.39 is 11.6 Å². The average Bonchev–Trinajstić information content (AvgIpc) is 3.18. The molecule has 0 aromatic heterocycles. The van der Waals surface area contributed by atoms with E-state index in [1.807, 2.05) is 38.1 Å². The number of nitrogens with zero attached hydrogens (tertiary/aromatic N) is 2. The van der Waals surface area contributed by atoms with Gasteiger partial charge in [-0.25, -0.2) is 0 Å². The number of nitrogens with one attached hydrogen (secondary N) is 2. The first-order valence-electron chi connectivity index (χ1n) is 10.4. The van der Waals surface area contributed by atoms with Crippen molar-refractivity contribution in [3.05, 3.63) is 53.9 Å². The molecule has 3 N–H and O–H groups in total. The third-order valence-electron chi connectivity index (χ3n) is 5.29. The third-order valence-corrected chi connectivity index (χ3v) is 5.29. The zero-order chi connectivity index (χ0) is 22.8. The highest BCUT2D eigenvalue weighted by atomic mass is 16.5. The fraction of sp³-hybridized carbons (Fsp3) is 0.435. The zero-order valence-electron chi connectivity index (χ0n) is 18.4. The molecule has 1 unspecified atom stereocenters. The van der Waals surface area contributed by atoms with Crippen LogP contribution in [0.15, 0.2) is 48.4 Å². The zero-order valence-corrected chi connectivity index (χ0v) is 18.4. The molecule has 31 heavy (non-hydrogen) atoms. The predicted octanol–water partition coefficient (Wildman–Crippen LogP) is 1.94. The minimum Gasteiger partial charge on any atom is -0.459 e. The first-order chi connectivity index (χ1) is 14.6. The highest BCUT2D eigenvalue weighted by Crippen LogP contribution is 2.29. The van der Waals surface area contributed by atoms with E-state index in [1.165, 1.54) is 22.0 Å². The Labute approximate surface area is 182 Å². The summed E-state index contributed by atoms with van der Waals surface area (Å²) in [5, 5.41) is 20.9. The maximum atomic E-state index is 13.0. The number of carbonyl (C=O) groups is 2. The Morgan fingerprint density at radius 1 is 1.35 bits per heavy atom. The van der Waals surface area contributed by atoms with Crippen LogP contribution in [-0.4, -0.2) is 63.3 Å². The number of rotatable bonds is 7. The maximum Gasteiger partial charge on any atom is 0.251 e. The van der Waals surface area contributed by atoms with Crippen molar-refractivity contribution in [1.82, 2.24) is 15.1 Å². The molecule has 0 saturated carbocycles.